The first-order valence-corrected chi connectivity index (χ1v) is 8.78. The number of hydrogen-bond donors (Lipinski definition) is 1. The molecule has 0 bridgehead atoms. The Bertz CT molecular complexity index is 890. The van der Waals surface area contributed by atoms with Crippen LogP contribution in [0.2, 0.25) is 0 Å². The minimum atomic E-state index is -0.906. The number of rotatable bonds is 4. The summed E-state index contributed by atoms with van der Waals surface area (Å²) in [5, 5.41) is 2.74. The maximum absolute atomic E-state index is 13.8. The average molecular weight is 372 g/mol. The van der Waals surface area contributed by atoms with E-state index in [1.165, 1.54) is 35.2 Å². The van der Waals surface area contributed by atoms with Crippen molar-refractivity contribution in [3.63, 3.8) is 0 Å². The Morgan fingerprint density at radius 2 is 1.81 bits per heavy atom. The van der Waals surface area contributed by atoms with Crippen LogP contribution in [-0.4, -0.2) is 23.3 Å². The molecule has 4 nitrogen and oxygen atoms in total. The van der Waals surface area contributed by atoms with E-state index in [-0.39, 0.29) is 23.7 Å². The Morgan fingerprint density at radius 3 is 2.48 bits per heavy atom. The summed E-state index contributed by atoms with van der Waals surface area (Å²) >= 11 is 0. The third-order valence-corrected chi connectivity index (χ3v) is 4.36. The Kier molecular flexibility index (Phi) is 5.00. The van der Waals surface area contributed by atoms with Gasteiger partial charge < -0.3 is 10.2 Å². The van der Waals surface area contributed by atoms with Gasteiger partial charge in [0.15, 0.2) is 0 Å². The van der Waals surface area contributed by atoms with E-state index >= 15 is 0 Å². The molecule has 0 spiro atoms. The van der Waals surface area contributed by atoms with E-state index in [2.05, 4.69) is 5.32 Å². The van der Waals surface area contributed by atoms with Crippen molar-refractivity contribution in [3.8, 4) is 0 Å². The molecule has 2 amide bonds. The number of nitrogens with zero attached hydrogens (tertiary/aromatic N) is 1. The molecular formula is C21H22F2N2O2. The zero-order valence-corrected chi connectivity index (χ0v) is 15.6. The summed E-state index contributed by atoms with van der Waals surface area (Å²) in [6.45, 7) is 6.36. The minimum absolute atomic E-state index is 0.120. The van der Waals surface area contributed by atoms with Gasteiger partial charge in [0.05, 0.1) is 0 Å². The van der Waals surface area contributed by atoms with Crippen molar-refractivity contribution in [1.29, 1.82) is 0 Å². The lowest BCUT2D eigenvalue weighted by atomic mass is 9.95. The third kappa shape index (κ3) is 4.15. The zero-order valence-electron chi connectivity index (χ0n) is 15.6. The van der Waals surface area contributed by atoms with Gasteiger partial charge in [-0.2, -0.15) is 0 Å². The predicted octanol–water partition coefficient (Wildman–Crippen LogP) is 3.82. The molecule has 0 aliphatic carbocycles. The number of carbonyl (C=O) groups is 2. The first-order valence-electron chi connectivity index (χ1n) is 8.78. The van der Waals surface area contributed by atoms with Crippen LogP contribution in [0.15, 0.2) is 42.5 Å². The van der Waals surface area contributed by atoms with Gasteiger partial charge in [-0.1, -0.05) is 32.9 Å². The van der Waals surface area contributed by atoms with Crippen LogP contribution in [0.25, 0.3) is 0 Å². The molecule has 1 atom stereocenters. The van der Waals surface area contributed by atoms with Crippen LogP contribution < -0.4 is 5.32 Å². The number of carbonyl (C=O) groups excluding carboxylic acids is 2. The van der Waals surface area contributed by atoms with E-state index in [0.29, 0.717) is 23.2 Å². The molecule has 0 saturated carbocycles. The lowest BCUT2D eigenvalue weighted by molar-refractivity contribution is -0.126. The smallest absolute Gasteiger partial charge is 0.255 e. The lowest BCUT2D eigenvalue weighted by Crippen LogP contribution is -2.42. The molecule has 27 heavy (non-hydrogen) atoms. The molecule has 2 aromatic carbocycles. The molecule has 0 saturated heterocycles. The summed E-state index contributed by atoms with van der Waals surface area (Å²) in [6, 6.07) is 8.89. The molecule has 0 fully saturated rings. The number of halogens is 2. The lowest BCUT2D eigenvalue weighted by Gasteiger charge is -2.31. The summed E-state index contributed by atoms with van der Waals surface area (Å²) in [5.41, 5.74) is 1.07. The van der Waals surface area contributed by atoms with Crippen LogP contribution >= 0.6 is 0 Å². The second kappa shape index (κ2) is 7.10. The highest BCUT2D eigenvalue weighted by atomic mass is 19.1. The van der Waals surface area contributed by atoms with Crippen LogP contribution in [0.3, 0.4) is 0 Å². The summed E-state index contributed by atoms with van der Waals surface area (Å²) in [4.78, 5) is 27.2. The van der Waals surface area contributed by atoms with Crippen LogP contribution in [0.5, 0.6) is 0 Å². The predicted molar refractivity (Wildman–Crippen MR) is 97.9 cm³/mol. The normalized spacial score (nSPS) is 16.4. The Morgan fingerprint density at radius 1 is 1.11 bits per heavy atom. The molecule has 0 aromatic heterocycles. The van der Waals surface area contributed by atoms with E-state index in [4.69, 9.17) is 0 Å². The highest BCUT2D eigenvalue weighted by Crippen LogP contribution is 2.36. The van der Waals surface area contributed by atoms with Crippen molar-refractivity contribution in [2.24, 2.45) is 5.41 Å². The Balaban J connectivity index is 1.88. The van der Waals surface area contributed by atoms with Crippen LogP contribution in [0.4, 0.5) is 8.78 Å². The molecule has 1 heterocycles. The number of fused-ring (bicyclic) bond motifs is 1. The van der Waals surface area contributed by atoms with Gasteiger partial charge in [0.2, 0.25) is 5.91 Å². The summed E-state index contributed by atoms with van der Waals surface area (Å²) < 4.78 is 27.1. The molecule has 142 valence electrons. The number of amides is 2. The fourth-order valence-corrected chi connectivity index (χ4v) is 3.28. The number of benzene rings is 2. The fourth-order valence-electron chi connectivity index (χ4n) is 3.28. The Hall–Kier alpha value is -2.76. The zero-order chi connectivity index (χ0) is 19.8. The first kappa shape index (κ1) is 19.0. The highest BCUT2D eigenvalue weighted by Gasteiger charge is 2.42. The van der Waals surface area contributed by atoms with Gasteiger partial charge in [0.1, 0.15) is 17.7 Å². The maximum atomic E-state index is 13.8. The fraction of sp³-hybridized carbons (Fsp3) is 0.333. The molecule has 1 unspecified atom stereocenters. The van der Waals surface area contributed by atoms with Gasteiger partial charge in [-0.05, 0) is 46.9 Å². The topological polar surface area (TPSA) is 49.4 Å². The number of hydrogen-bond acceptors (Lipinski definition) is 2. The van der Waals surface area contributed by atoms with E-state index in [0.717, 1.165) is 0 Å². The van der Waals surface area contributed by atoms with Gasteiger partial charge in [0, 0.05) is 18.7 Å². The van der Waals surface area contributed by atoms with E-state index in [9.17, 15) is 18.4 Å². The molecular weight excluding hydrogens is 350 g/mol. The third-order valence-electron chi connectivity index (χ3n) is 4.36. The van der Waals surface area contributed by atoms with Crippen molar-refractivity contribution < 1.29 is 18.4 Å². The summed E-state index contributed by atoms with van der Waals surface area (Å²) in [6.07, 6.45) is 0. The molecule has 0 radical (unpaired) electrons. The maximum Gasteiger partial charge on any atom is 0.255 e. The molecule has 1 aliphatic rings. The number of nitrogens with one attached hydrogen (secondary N) is 1. The van der Waals surface area contributed by atoms with Gasteiger partial charge in [-0.25, -0.2) is 8.78 Å². The summed E-state index contributed by atoms with van der Waals surface area (Å²) in [7, 11) is 0. The largest absolute Gasteiger partial charge is 0.350 e. The second-order valence-corrected chi connectivity index (χ2v) is 7.98. The van der Waals surface area contributed by atoms with Gasteiger partial charge in [-0.15, -0.1) is 0 Å². The molecule has 1 aliphatic heterocycles. The average Bonchev–Trinajstić information content (AvgIpc) is 2.83. The molecule has 6 heteroatoms. The van der Waals surface area contributed by atoms with Crippen LogP contribution in [0, 0.1) is 17.0 Å². The van der Waals surface area contributed by atoms with Gasteiger partial charge in [-0.3, -0.25) is 9.59 Å². The second-order valence-electron chi connectivity index (χ2n) is 7.98. The molecule has 3 rings (SSSR count). The van der Waals surface area contributed by atoms with Gasteiger partial charge in [0.25, 0.3) is 5.91 Å². The molecule has 2 aromatic rings. The van der Waals surface area contributed by atoms with Crippen molar-refractivity contribution in [1.82, 2.24) is 10.2 Å². The van der Waals surface area contributed by atoms with Gasteiger partial charge >= 0.3 is 0 Å². The van der Waals surface area contributed by atoms with Crippen molar-refractivity contribution >= 4 is 11.8 Å². The minimum Gasteiger partial charge on any atom is -0.350 e. The van der Waals surface area contributed by atoms with Crippen molar-refractivity contribution in [2.45, 2.75) is 33.4 Å². The molecule has 1 N–H and O–H groups in total. The Labute approximate surface area is 157 Å². The quantitative estimate of drug-likeness (QED) is 0.887. The van der Waals surface area contributed by atoms with Crippen LogP contribution in [0.1, 0.15) is 48.3 Å². The van der Waals surface area contributed by atoms with E-state index < -0.39 is 17.8 Å². The standard InChI is InChI=1S/C21H22F2N2O2/c1-21(2,3)12-25-18(17-10-15(23)7-8-16(17)20(25)27)19(26)24-11-13-5-4-6-14(22)9-13/h4-10,18H,11-12H2,1-3H3,(H,24,26). The SMILES string of the molecule is CC(C)(C)CN1C(=O)c2ccc(F)cc2C1C(=O)NCc1cccc(F)c1. The summed E-state index contributed by atoms with van der Waals surface area (Å²) in [5.74, 6) is -1.59. The van der Waals surface area contributed by atoms with E-state index in [1.807, 2.05) is 20.8 Å². The monoisotopic (exact) mass is 372 g/mol. The van der Waals surface area contributed by atoms with Crippen molar-refractivity contribution in [3.05, 3.63) is 70.8 Å². The highest BCUT2D eigenvalue weighted by molar-refractivity contribution is 6.04. The van der Waals surface area contributed by atoms with Crippen molar-refractivity contribution in [2.75, 3.05) is 6.54 Å². The first-order chi connectivity index (χ1) is 12.7. The van der Waals surface area contributed by atoms with Crippen LogP contribution in [-0.2, 0) is 11.3 Å². The van der Waals surface area contributed by atoms with E-state index in [1.54, 1.807) is 12.1 Å².